The summed E-state index contributed by atoms with van der Waals surface area (Å²) in [5.74, 6) is 1.33. The summed E-state index contributed by atoms with van der Waals surface area (Å²) < 4.78 is 1.16. The van der Waals surface area contributed by atoms with Gasteiger partial charge in [0.1, 0.15) is 10.8 Å². The summed E-state index contributed by atoms with van der Waals surface area (Å²) in [5, 5.41) is 12.8. The maximum absolute atomic E-state index is 12.3. The van der Waals surface area contributed by atoms with Gasteiger partial charge < -0.3 is 5.32 Å². The van der Waals surface area contributed by atoms with Gasteiger partial charge in [-0.05, 0) is 65.1 Å². The van der Waals surface area contributed by atoms with Crippen LogP contribution < -0.4 is 5.32 Å². The van der Waals surface area contributed by atoms with Gasteiger partial charge in [0.25, 0.3) is 0 Å². The number of hydrogen-bond donors (Lipinski definition) is 2. The van der Waals surface area contributed by atoms with Crippen molar-refractivity contribution in [3.05, 3.63) is 50.2 Å². The Hall–Kier alpha value is -1.74. The van der Waals surface area contributed by atoms with Gasteiger partial charge in [0, 0.05) is 3.57 Å². The van der Waals surface area contributed by atoms with Gasteiger partial charge in [-0.25, -0.2) is 4.98 Å². The second kappa shape index (κ2) is 6.79. The van der Waals surface area contributed by atoms with Crippen molar-refractivity contribution in [1.29, 1.82) is 0 Å². The Balaban J connectivity index is 1.78. The molecule has 2 heterocycles. The van der Waals surface area contributed by atoms with Gasteiger partial charge in [0.2, 0.25) is 5.91 Å². The van der Waals surface area contributed by atoms with Gasteiger partial charge in [-0.1, -0.05) is 12.1 Å². The van der Waals surface area contributed by atoms with E-state index in [0.29, 0.717) is 12.2 Å². The van der Waals surface area contributed by atoms with Gasteiger partial charge in [-0.2, -0.15) is 5.10 Å². The van der Waals surface area contributed by atoms with Gasteiger partial charge in [0.05, 0.1) is 12.0 Å². The maximum Gasteiger partial charge on any atom is 0.229 e. The number of aromatic nitrogens is 3. The number of anilines is 1. The highest BCUT2D eigenvalue weighted by atomic mass is 127. The zero-order valence-corrected chi connectivity index (χ0v) is 15.7. The fourth-order valence-corrected chi connectivity index (χ4v) is 3.54. The van der Waals surface area contributed by atoms with Crippen LogP contribution in [-0.2, 0) is 11.2 Å². The number of hydrogen-bond acceptors (Lipinski definition) is 4. The van der Waals surface area contributed by atoms with E-state index in [0.717, 1.165) is 31.1 Å². The summed E-state index contributed by atoms with van der Waals surface area (Å²) in [6, 6.07) is 7.95. The van der Waals surface area contributed by atoms with Crippen LogP contribution in [0.3, 0.4) is 0 Å². The average Bonchev–Trinajstić information content (AvgIpc) is 3.07. The predicted molar refractivity (Wildman–Crippen MR) is 101 cm³/mol. The highest BCUT2D eigenvalue weighted by molar-refractivity contribution is 14.1. The van der Waals surface area contributed by atoms with E-state index < -0.39 is 0 Å². The number of carbonyl (C=O) groups is 1. The first kappa shape index (κ1) is 16.1. The number of carbonyl (C=O) groups excluding carboxylic acids is 1. The van der Waals surface area contributed by atoms with Crippen molar-refractivity contribution in [1.82, 2.24) is 15.2 Å². The molecule has 23 heavy (non-hydrogen) atoms. The number of halogens is 1. The summed E-state index contributed by atoms with van der Waals surface area (Å²) in [5.41, 5.74) is 2.93. The number of benzene rings is 1. The number of aryl methyl sites for hydroxylation is 2. The Morgan fingerprint density at radius 2 is 2.04 bits per heavy atom. The molecule has 5 nitrogen and oxygen atoms in total. The van der Waals surface area contributed by atoms with Crippen LogP contribution in [0.5, 0.6) is 0 Å². The quantitative estimate of drug-likeness (QED) is 0.607. The third kappa shape index (κ3) is 3.78. The SMILES string of the molecule is Cc1nc(-c2c(C)csc2NC(=O)Cc2ccc(I)cc2)n[nH]1. The monoisotopic (exact) mass is 438 g/mol. The largest absolute Gasteiger partial charge is 0.317 e. The summed E-state index contributed by atoms with van der Waals surface area (Å²) in [7, 11) is 0. The van der Waals surface area contributed by atoms with Gasteiger partial charge >= 0.3 is 0 Å². The Kier molecular flexibility index (Phi) is 4.76. The fourth-order valence-electron chi connectivity index (χ4n) is 2.23. The van der Waals surface area contributed by atoms with E-state index in [4.69, 9.17) is 0 Å². The molecule has 118 valence electrons. The van der Waals surface area contributed by atoms with Crippen LogP contribution in [0.25, 0.3) is 11.4 Å². The van der Waals surface area contributed by atoms with Crippen LogP contribution in [0.4, 0.5) is 5.00 Å². The molecule has 3 aromatic rings. The van der Waals surface area contributed by atoms with Crippen LogP contribution in [0.15, 0.2) is 29.6 Å². The summed E-state index contributed by atoms with van der Waals surface area (Å²) in [4.78, 5) is 16.7. The van der Waals surface area contributed by atoms with Crippen molar-refractivity contribution in [3.63, 3.8) is 0 Å². The van der Waals surface area contributed by atoms with Crippen molar-refractivity contribution >= 4 is 44.8 Å². The molecule has 0 saturated heterocycles. The van der Waals surface area contributed by atoms with Crippen molar-refractivity contribution in [3.8, 4) is 11.4 Å². The lowest BCUT2D eigenvalue weighted by Crippen LogP contribution is -2.14. The molecular formula is C16H15IN4OS. The number of aromatic amines is 1. The zero-order valence-electron chi connectivity index (χ0n) is 12.7. The second-order valence-electron chi connectivity index (χ2n) is 5.22. The molecule has 2 N–H and O–H groups in total. The van der Waals surface area contributed by atoms with Gasteiger partial charge in [-0.3, -0.25) is 9.89 Å². The summed E-state index contributed by atoms with van der Waals surface area (Å²) in [6.45, 7) is 3.85. The zero-order chi connectivity index (χ0) is 16.4. The molecule has 0 radical (unpaired) electrons. The number of thiophene rings is 1. The standard InChI is InChI=1S/C16H15IN4OS/c1-9-8-23-16(14(9)15-18-10(2)20-21-15)19-13(22)7-11-3-5-12(17)6-4-11/h3-6,8H,7H2,1-2H3,(H,19,22)(H,18,20,21). The molecule has 1 amide bonds. The molecule has 0 spiro atoms. The Morgan fingerprint density at radius 3 is 2.70 bits per heavy atom. The molecule has 0 aliphatic heterocycles. The Bertz CT molecular complexity index is 838. The van der Waals surface area contributed by atoms with Crippen LogP contribution in [0, 0.1) is 17.4 Å². The van der Waals surface area contributed by atoms with Crippen LogP contribution in [0.1, 0.15) is 17.0 Å². The Morgan fingerprint density at radius 1 is 1.30 bits per heavy atom. The first-order valence-electron chi connectivity index (χ1n) is 7.04. The molecule has 1 aromatic carbocycles. The number of nitrogens with one attached hydrogen (secondary N) is 2. The molecule has 0 unspecified atom stereocenters. The topological polar surface area (TPSA) is 70.7 Å². The molecule has 0 saturated carbocycles. The third-order valence-corrected chi connectivity index (χ3v) is 5.06. The lowest BCUT2D eigenvalue weighted by Gasteiger charge is -2.06. The minimum absolute atomic E-state index is 0.0402. The Labute approximate surface area is 151 Å². The van der Waals surface area contributed by atoms with Crippen LogP contribution >= 0.6 is 33.9 Å². The molecule has 2 aromatic heterocycles. The molecule has 3 rings (SSSR count). The van der Waals surface area contributed by atoms with Crippen molar-refractivity contribution in [2.45, 2.75) is 20.3 Å². The van der Waals surface area contributed by atoms with Crippen molar-refractivity contribution in [2.24, 2.45) is 0 Å². The highest BCUT2D eigenvalue weighted by Gasteiger charge is 2.17. The minimum atomic E-state index is -0.0402. The molecular weight excluding hydrogens is 423 g/mol. The first-order chi connectivity index (χ1) is 11.0. The van der Waals surface area contributed by atoms with E-state index >= 15 is 0 Å². The first-order valence-corrected chi connectivity index (χ1v) is 9.00. The van der Waals surface area contributed by atoms with Crippen LogP contribution in [0.2, 0.25) is 0 Å². The molecule has 7 heteroatoms. The van der Waals surface area contributed by atoms with Gasteiger partial charge in [0.15, 0.2) is 5.82 Å². The van der Waals surface area contributed by atoms with Crippen molar-refractivity contribution < 1.29 is 4.79 Å². The number of amides is 1. The average molecular weight is 438 g/mol. The van der Waals surface area contributed by atoms with E-state index in [1.165, 1.54) is 11.3 Å². The van der Waals surface area contributed by atoms with Crippen molar-refractivity contribution in [2.75, 3.05) is 5.32 Å². The molecule has 0 atom stereocenters. The number of rotatable bonds is 4. The molecule has 0 aliphatic carbocycles. The van der Waals surface area contributed by atoms with Crippen LogP contribution in [-0.4, -0.2) is 21.1 Å². The minimum Gasteiger partial charge on any atom is -0.317 e. The smallest absolute Gasteiger partial charge is 0.229 e. The number of H-pyrrole nitrogens is 1. The molecule has 0 bridgehead atoms. The van der Waals surface area contributed by atoms with Gasteiger partial charge in [-0.15, -0.1) is 11.3 Å². The highest BCUT2D eigenvalue weighted by Crippen LogP contribution is 2.35. The van der Waals surface area contributed by atoms with E-state index in [-0.39, 0.29) is 5.91 Å². The summed E-state index contributed by atoms with van der Waals surface area (Å²) >= 11 is 3.74. The second-order valence-corrected chi connectivity index (χ2v) is 7.34. The molecule has 0 aliphatic rings. The van der Waals surface area contributed by atoms with E-state index in [9.17, 15) is 4.79 Å². The predicted octanol–water partition coefficient (Wildman–Crippen LogP) is 3.94. The van der Waals surface area contributed by atoms with E-state index in [1.807, 2.05) is 43.5 Å². The lowest BCUT2D eigenvalue weighted by molar-refractivity contribution is -0.115. The third-order valence-electron chi connectivity index (χ3n) is 3.33. The number of nitrogens with zero attached hydrogens (tertiary/aromatic N) is 2. The lowest BCUT2D eigenvalue weighted by atomic mass is 10.1. The molecule has 0 fully saturated rings. The maximum atomic E-state index is 12.3. The summed E-state index contributed by atoms with van der Waals surface area (Å²) in [6.07, 6.45) is 0.348. The normalized spacial score (nSPS) is 10.7. The fraction of sp³-hybridized carbons (Fsp3) is 0.188. The van der Waals surface area contributed by atoms with E-state index in [1.54, 1.807) is 0 Å². The van der Waals surface area contributed by atoms with E-state index in [2.05, 4.69) is 43.1 Å².